The summed E-state index contributed by atoms with van der Waals surface area (Å²) in [7, 11) is -3.23. The highest BCUT2D eigenvalue weighted by molar-refractivity contribution is 7.89. The van der Waals surface area contributed by atoms with E-state index in [2.05, 4.69) is 4.72 Å². The van der Waals surface area contributed by atoms with E-state index in [-0.39, 0.29) is 12.3 Å². The maximum Gasteiger partial charge on any atom is 0.211 e. The molecule has 1 saturated carbocycles. The van der Waals surface area contributed by atoms with E-state index in [9.17, 15) is 13.5 Å². The highest BCUT2D eigenvalue weighted by atomic mass is 32.2. The predicted octanol–water partition coefficient (Wildman–Crippen LogP) is 1.65. The number of sulfonamides is 1. The third kappa shape index (κ3) is 4.94. The first-order valence-electron chi connectivity index (χ1n) is 6.60. The second-order valence-electron chi connectivity index (χ2n) is 5.18. The van der Waals surface area contributed by atoms with E-state index in [1.54, 1.807) is 0 Å². The van der Waals surface area contributed by atoms with Crippen LogP contribution in [0.1, 0.15) is 52.4 Å². The lowest BCUT2D eigenvalue weighted by atomic mass is 9.98. The van der Waals surface area contributed by atoms with E-state index >= 15 is 0 Å². The molecule has 0 saturated heterocycles. The van der Waals surface area contributed by atoms with Gasteiger partial charge in [0.1, 0.15) is 0 Å². The Morgan fingerprint density at radius 3 is 2.24 bits per heavy atom. The molecule has 0 bridgehead atoms. The van der Waals surface area contributed by atoms with Crippen LogP contribution in [0.3, 0.4) is 0 Å². The maximum absolute atomic E-state index is 11.8. The number of nitrogens with one attached hydrogen (secondary N) is 1. The minimum atomic E-state index is -3.23. The summed E-state index contributed by atoms with van der Waals surface area (Å²) < 4.78 is 26.2. The molecule has 17 heavy (non-hydrogen) atoms. The van der Waals surface area contributed by atoms with Crippen molar-refractivity contribution in [3.63, 3.8) is 0 Å². The van der Waals surface area contributed by atoms with E-state index in [0.717, 1.165) is 25.7 Å². The van der Waals surface area contributed by atoms with E-state index in [1.165, 1.54) is 0 Å². The van der Waals surface area contributed by atoms with Gasteiger partial charge in [0.2, 0.25) is 10.0 Å². The summed E-state index contributed by atoms with van der Waals surface area (Å²) in [6, 6.07) is 0. The van der Waals surface area contributed by atoms with Crippen molar-refractivity contribution in [3.8, 4) is 0 Å². The highest BCUT2D eigenvalue weighted by Gasteiger charge is 2.27. The Hall–Kier alpha value is -0.130. The molecule has 2 N–H and O–H groups in total. The molecule has 0 aromatic rings. The van der Waals surface area contributed by atoms with Crippen molar-refractivity contribution in [2.75, 3.05) is 12.3 Å². The van der Waals surface area contributed by atoms with Gasteiger partial charge in [-0.15, -0.1) is 0 Å². The number of hydrogen-bond donors (Lipinski definition) is 2. The van der Waals surface area contributed by atoms with E-state index in [1.807, 2.05) is 13.8 Å². The van der Waals surface area contributed by atoms with Crippen LogP contribution < -0.4 is 4.72 Å². The summed E-state index contributed by atoms with van der Waals surface area (Å²) in [6.07, 6.45) is 5.46. The molecule has 0 atom stereocenters. The Balaban J connectivity index is 2.43. The zero-order valence-corrected chi connectivity index (χ0v) is 11.7. The lowest BCUT2D eigenvalue weighted by molar-refractivity contribution is 0.0377. The van der Waals surface area contributed by atoms with Gasteiger partial charge in [-0.05, 0) is 31.6 Å². The van der Waals surface area contributed by atoms with Crippen molar-refractivity contribution in [2.45, 2.75) is 58.0 Å². The van der Waals surface area contributed by atoms with E-state index in [0.29, 0.717) is 18.8 Å². The second kappa shape index (κ2) is 6.16. The highest BCUT2D eigenvalue weighted by Crippen LogP contribution is 2.25. The molecule has 4 nitrogen and oxygen atoms in total. The molecular weight excluding hydrogens is 238 g/mol. The first-order valence-corrected chi connectivity index (χ1v) is 8.26. The van der Waals surface area contributed by atoms with Crippen LogP contribution in [0.2, 0.25) is 0 Å². The van der Waals surface area contributed by atoms with Gasteiger partial charge in [0, 0.05) is 6.54 Å². The molecule has 1 rings (SSSR count). The monoisotopic (exact) mass is 263 g/mol. The third-order valence-electron chi connectivity index (χ3n) is 3.87. The van der Waals surface area contributed by atoms with Crippen molar-refractivity contribution < 1.29 is 13.5 Å². The minimum absolute atomic E-state index is 0.134. The Bertz CT molecular complexity index is 317. The quantitative estimate of drug-likeness (QED) is 0.734. The Morgan fingerprint density at radius 2 is 1.76 bits per heavy atom. The summed E-state index contributed by atoms with van der Waals surface area (Å²) in [5, 5.41) is 10.0. The first kappa shape index (κ1) is 14.9. The molecule has 0 aromatic heterocycles. The van der Waals surface area contributed by atoms with Crippen LogP contribution in [0.25, 0.3) is 0 Å². The van der Waals surface area contributed by atoms with Crippen LogP contribution >= 0.6 is 0 Å². The number of rotatable bonds is 7. The smallest absolute Gasteiger partial charge is 0.211 e. The molecule has 1 aliphatic rings. The van der Waals surface area contributed by atoms with Gasteiger partial charge >= 0.3 is 0 Å². The standard InChI is InChI=1S/C12H25NO3S/c1-3-12(14,4-2)10-13-17(15,16)9-11-7-5-6-8-11/h11,13-14H,3-10H2,1-2H3. The van der Waals surface area contributed by atoms with Crippen LogP contribution in [0.5, 0.6) is 0 Å². The van der Waals surface area contributed by atoms with Gasteiger partial charge in [-0.25, -0.2) is 13.1 Å². The van der Waals surface area contributed by atoms with Crippen molar-refractivity contribution >= 4 is 10.0 Å². The molecule has 0 amide bonds. The van der Waals surface area contributed by atoms with E-state index in [4.69, 9.17) is 0 Å². The molecule has 5 heteroatoms. The lowest BCUT2D eigenvalue weighted by Gasteiger charge is -2.25. The molecular formula is C12H25NO3S. The Kier molecular flexibility index (Phi) is 5.41. The van der Waals surface area contributed by atoms with Gasteiger partial charge in [0.25, 0.3) is 0 Å². The summed E-state index contributed by atoms with van der Waals surface area (Å²) >= 11 is 0. The average molecular weight is 263 g/mol. The SMILES string of the molecule is CCC(O)(CC)CNS(=O)(=O)CC1CCCC1. The molecule has 1 fully saturated rings. The van der Waals surface area contributed by atoms with Crippen LogP contribution in [-0.2, 0) is 10.0 Å². The van der Waals surface area contributed by atoms with Crippen LogP contribution in [0.4, 0.5) is 0 Å². The zero-order valence-electron chi connectivity index (χ0n) is 10.9. The van der Waals surface area contributed by atoms with Gasteiger partial charge in [-0.3, -0.25) is 0 Å². The van der Waals surface area contributed by atoms with Crippen molar-refractivity contribution in [1.29, 1.82) is 0 Å². The third-order valence-corrected chi connectivity index (χ3v) is 5.36. The summed E-state index contributed by atoms with van der Waals surface area (Å²) in [4.78, 5) is 0. The summed E-state index contributed by atoms with van der Waals surface area (Å²) in [5.74, 6) is 0.528. The van der Waals surface area contributed by atoms with Gasteiger partial charge in [0.15, 0.2) is 0 Å². The fourth-order valence-electron chi connectivity index (χ4n) is 2.29. The normalized spacial score (nSPS) is 18.8. The molecule has 102 valence electrons. The first-order chi connectivity index (χ1) is 7.91. The molecule has 0 radical (unpaired) electrons. The minimum Gasteiger partial charge on any atom is -0.389 e. The zero-order chi connectivity index (χ0) is 12.9. The fourth-order valence-corrected chi connectivity index (χ4v) is 3.85. The average Bonchev–Trinajstić information content (AvgIpc) is 2.78. The molecule has 0 aliphatic heterocycles. The molecule has 0 heterocycles. The number of hydrogen-bond acceptors (Lipinski definition) is 3. The number of aliphatic hydroxyl groups is 1. The Morgan fingerprint density at radius 1 is 1.24 bits per heavy atom. The molecule has 0 unspecified atom stereocenters. The van der Waals surface area contributed by atoms with Crippen molar-refractivity contribution in [3.05, 3.63) is 0 Å². The molecule has 0 aromatic carbocycles. The fraction of sp³-hybridized carbons (Fsp3) is 1.00. The van der Waals surface area contributed by atoms with Gasteiger partial charge in [-0.1, -0.05) is 26.7 Å². The van der Waals surface area contributed by atoms with Gasteiger partial charge in [-0.2, -0.15) is 0 Å². The van der Waals surface area contributed by atoms with Gasteiger partial charge in [0.05, 0.1) is 11.4 Å². The predicted molar refractivity (Wildman–Crippen MR) is 69.3 cm³/mol. The lowest BCUT2D eigenvalue weighted by Crippen LogP contribution is -2.43. The maximum atomic E-state index is 11.8. The summed E-state index contributed by atoms with van der Waals surface area (Å²) in [5.41, 5.74) is -0.900. The molecule has 1 aliphatic carbocycles. The van der Waals surface area contributed by atoms with Crippen LogP contribution in [0, 0.1) is 5.92 Å². The van der Waals surface area contributed by atoms with Crippen molar-refractivity contribution in [2.24, 2.45) is 5.92 Å². The summed E-state index contributed by atoms with van der Waals surface area (Å²) in [6.45, 7) is 3.87. The van der Waals surface area contributed by atoms with Crippen LogP contribution in [0.15, 0.2) is 0 Å². The molecule has 0 spiro atoms. The largest absolute Gasteiger partial charge is 0.389 e. The van der Waals surface area contributed by atoms with Crippen LogP contribution in [-0.4, -0.2) is 31.4 Å². The second-order valence-corrected chi connectivity index (χ2v) is 7.04. The Labute approximate surface area is 105 Å². The van der Waals surface area contributed by atoms with E-state index < -0.39 is 15.6 Å². The van der Waals surface area contributed by atoms with Crippen molar-refractivity contribution in [1.82, 2.24) is 4.72 Å². The topological polar surface area (TPSA) is 66.4 Å². The van der Waals surface area contributed by atoms with Gasteiger partial charge < -0.3 is 5.11 Å².